The Morgan fingerprint density at radius 2 is 2.05 bits per heavy atom. The Balaban J connectivity index is 2.26. The highest BCUT2D eigenvalue weighted by atomic mass is 16.4. The van der Waals surface area contributed by atoms with E-state index < -0.39 is 17.8 Å². The number of carbonyl (C=O) groups excluding carboxylic acids is 2. The van der Waals surface area contributed by atoms with Crippen molar-refractivity contribution in [2.24, 2.45) is 5.73 Å². The highest BCUT2D eigenvalue weighted by molar-refractivity contribution is 6.09. The first-order chi connectivity index (χ1) is 9.90. The fourth-order valence-electron chi connectivity index (χ4n) is 1.77. The van der Waals surface area contributed by atoms with Crippen molar-refractivity contribution >= 4 is 23.5 Å². The van der Waals surface area contributed by atoms with E-state index >= 15 is 0 Å². The number of hydrogen-bond donors (Lipinski definition) is 4. The van der Waals surface area contributed by atoms with E-state index in [1.807, 2.05) is 0 Å². The molecular weight excluding hydrogens is 276 g/mol. The summed E-state index contributed by atoms with van der Waals surface area (Å²) in [5.74, 6) is -2.52. The predicted molar refractivity (Wildman–Crippen MR) is 73.2 cm³/mol. The standard InChI is InChI=1S/C13H12N4O4/c1-6-4-7(11(14)18)2-3-8(6)17-12(19)9-10(13(20)21)16-5-15-9/h2-5H,1H3,(H2,14,18)(H,15,16)(H,17,19)(H,20,21). The molecule has 0 spiro atoms. The number of carboxylic acids is 1. The van der Waals surface area contributed by atoms with Crippen LogP contribution in [0.15, 0.2) is 24.5 Å². The van der Waals surface area contributed by atoms with Crippen molar-refractivity contribution in [2.75, 3.05) is 5.32 Å². The average molecular weight is 288 g/mol. The third-order valence-corrected chi connectivity index (χ3v) is 2.83. The van der Waals surface area contributed by atoms with E-state index in [9.17, 15) is 14.4 Å². The van der Waals surface area contributed by atoms with Crippen LogP contribution in [0.1, 0.15) is 36.9 Å². The molecule has 2 amide bonds. The highest BCUT2D eigenvalue weighted by Crippen LogP contribution is 2.17. The quantitative estimate of drug-likeness (QED) is 0.658. The monoisotopic (exact) mass is 288 g/mol. The molecule has 0 aliphatic rings. The topological polar surface area (TPSA) is 138 Å². The molecule has 0 unspecified atom stereocenters. The average Bonchev–Trinajstić information content (AvgIpc) is 2.90. The van der Waals surface area contributed by atoms with E-state index in [0.717, 1.165) is 6.33 Å². The van der Waals surface area contributed by atoms with Crippen LogP contribution in [0.3, 0.4) is 0 Å². The third-order valence-electron chi connectivity index (χ3n) is 2.83. The Labute approximate surface area is 119 Å². The second kappa shape index (κ2) is 5.45. The third kappa shape index (κ3) is 2.89. The molecule has 0 aliphatic carbocycles. The summed E-state index contributed by atoms with van der Waals surface area (Å²) in [5, 5.41) is 11.5. The van der Waals surface area contributed by atoms with E-state index in [0.29, 0.717) is 16.8 Å². The Morgan fingerprint density at radius 3 is 2.62 bits per heavy atom. The van der Waals surface area contributed by atoms with Gasteiger partial charge in [-0.15, -0.1) is 0 Å². The number of hydrogen-bond acceptors (Lipinski definition) is 4. The summed E-state index contributed by atoms with van der Waals surface area (Å²) in [6.07, 6.45) is 1.13. The van der Waals surface area contributed by atoms with Gasteiger partial charge in [0.25, 0.3) is 5.91 Å². The molecule has 1 heterocycles. The second-order valence-electron chi connectivity index (χ2n) is 4.28. The molecule has 1 aromatic heterocycles. The second-order valence-corrected chi connectivity index (χ2v) is 4.28. The number of aryl methyl sites for hydroxylation is 1. The molecule has 5 N–H and O–H groups in total. The first-order valence-electron chi connectivity index (χ1n) is 5.88. The SMILES string of the molecule is Cc1cc(C(N)=O)ccc1NC(=O)c1nc[nH]c1C(=O)O. The molecular formula is C13H12N4O4. The summed E-state index contributed by atoms with van der Waals surface area (Å²) in [6, 6.07) is 4.51. The lowest BCUT2D eigenvalue weighted by atomic mass is 10.1. The van der Waals surface area contributed by atoms with E-state index in [1.165, 1.54) is 18.2 Å². The predicted octanol–water partition coefficient (Wildman–Crippen LogP) is 0.768. The fraction of sp³-hybridized carbons (Fsp3) is 0.0769. The lowest BCUT2D eigenvalue weighted by Gasteiger charge is -2.08. The number of H-pyrrole nitrogens is 1. The van der Waals surface area contributed by atoms with E-state index in [-0.39, 0.29) is 11.4 Å². The number of anilines is 1. The summed E-state index contributed by atoms with van der Waals surface area (Å²) in [4.78, 5) is 40.1. The van der Waals surface area contributed by atoms with Crippen LogP contribution in [0.25, 0.3) is 0 Å². The maximum atomic E-state index is 12.0. The molecule has 0 saturated carbocycles. The normalized spacial score (nSPS) is 10.1. The van der Waals surface area contributed by atoms with E-state index in [4.69, 9.17) is 10.8 Å². The molecule has 8 nitrogen and oxygen atoms in total. The zero-order valence-electron chi connectivity index (χ0n) is 11.0. The summed E-state index contributed by atoms with van der Waals surface area (Å²) in [6.45, 7) is 1.69. The Bertz CT molecular complexity index is 736. The molecule has 21 heavy (non-hydrogen) atoms. The van der Waals surface area contributed by atoms with Crippen molar-refractivity contribution in [1.29, 1.82) is 0 Å². The van der Waals surface area contributed by atoms with Gasteiger partial charge in [0.05, 0.1) is 6.33 Å². The molecule has 8 heteroatoms. The van der Waals surface area contributed by atoms with Gasteiger partial charge in [-0.2, -0.15) is 0 Å². The molecule has 0 fully saturated rings. The van der Waals surface area contributed by atoms with Crippen LogP contribution in [0, 0.1) is 6.92 Å². The van der Waals surface area contributed by atoms with Gasteiger partial charge < -0.3 is 21.1 Å². The van der Waals surface area contributed by atoms with Gasteiger partial charge in [-0.05, 0) is 30.7 Å². The van der Waals surface area contributed by atoms with Crippen LogP contribution < -0.4 is 11.1 Å². The molecule has 2 aromatic rings. The number of amides is 2. The fourth-order valence-corrected chi connectivity index (χ4v) is 1.77. The minimum Gasteiger partial charge on any atom is -0.477 e. The largest absolute Gasteiger partial charge is 0.477 e. The molecule has 0 radical (unpaired) electrons. The minimum atomic E-state index is -1.28. The number of nitrogens with one attached hydrogen (secondary N) is 2. The molecule has 2 rings (SSSR count). The number of aromatic nitrogens is 2. The number of nitrogens with zero attached hydrogens (tertiary/aromatic N) is 1. The Kier molecular flexibility index (Phi) is 3.70. The summed E-state index contributed by atoms with van der Waals surface area (Å²) >= 11 is 0. The van der Waals surface area contributed by atoms with Gasteiger partial charge >= 0.3 is 5.97 Å². The molecule has 0 atom stereocenters. The summed E-state index contributed by atoms with van der Waals surface area (Å²) in [7, 11) is 0. The van der Waals surface area contributed by atoms with Crippen LogP contribution >= 0.6 is 0 Å². The van der Waals surface area contributed by atoms with Gasteiger partial charge in [0.15, 0.2) is 11.4 Å². The zero-order chi connectivity index (χ0) is 15.6. The number of rotatable bonds is 4. The molecule has 1 aromatic carbocycles. The summed E-state index contributed by atoms with van der Waals surface area (Å²) < 4.78 is 0. The van der Waals surface area contributed by atoms with Crippen molar-refractivity contribution in [3.8, 4) is 0 Å². The van der Waals surface area contributed by atoms with Gasteiger partial charge in [0.2, 0.25) is 5.91 Å². The number of imidazole rings is 1. The van der Waals surface area contributed by atoms with Crippen LogP contribution in [-0.2, 0) is 0 Å². The Hall–Kier alpha value is -3.16. The number of carbonyl (C=O) groups is 3. The molecule has 0 aliphatic heterocycles. The first-order valence-corrected chi connectivity index (χ1v) is 5.88. The van der Waals surface area contributed by atoms with Crippen molar-refractivity contribution < 1.29 is 19.5 Å². The maximum absolute atomic E-state index is 12.0. The Morgan fingerprint density at radius 1 is 1.33 bits per heavy atom. The van der Waals surface area contributed by atoms with E-state index in [1.54, 1.807) is 6.92 Å². The lowest BCUT2D eigenvalue weighted by molar-refractivity contribution is 0.0686. The van der Waals surface area contributed by atoms with Crippen LogP contribution in [-0.4, -0.2) is 32.9 Å². The maximum Gasteiger partial charge on any atom is 0.354 e. The number of carboxylic acid groups (broad SMARTS) is 1. The molecule has 108 valence electrons. The van der Waals surface area contributed by atoms with Crippen molar-refractivity contribution in [3.63, 3.8) is 0 Å². The van der Waals surface area contributed by atoms with Gasteiger partial charge in [0.1, 0.15) is 0 Å². The minimum absolute atomic E-state index is 0.221. The molecule has 0 saturated heterocycles. The summed E-state index contributed by atoms with van der Waals surface area (Å²) in [5.41, 5.74) is 6.01. The van der Waals surface area contributed by atoms with Gasteiger partial charge in [-0.3, -0.25) is 9.59 Å². The number of benzene rings is 1. The zero-order valence-corrected chi connectivity index (χ0v) is 11.0. The van der Waals surface area contributed by atoms with Gasteiger partial charge in [-0.1, -0.05) is 0 Å². The number of primary amides is 1. The smallest absolute Gasteiger partial charge is 0.354 e. The van der Waals surface area contributed by atoms with Gasteiger partial charge in [0, 0.05) is 11.3 Å². The van der Waals surface area contributed by atoms with Crippen molar-refractivity contribution in [3.05, 3.63) is 47.0 Å². The van der Waals surface area contributed by atoms with Gasteiger partial charge in [-0.25, -0.2) is 9.78 Å². The van der Waals surface area contributed by atoms with Crippen LogP contribution in [0.4, 0.5) is 5.69 Å². The molecule has 0 bridgehead atoms. The lowest BCUT2D eigenvalue weighted by Crippen LogP contribution is -2.17. The van der Waals surface area contributed by atoms with Crippen molar-refractivity contribution in [2.45, 2.75) is 6.92 Å². The number of aromatic amines is 1. The van der Waals surface area contributed by atoms with E-state index in [2.05, 4.69) is 15.3 Å². The van der Waals surface area contributed by atoms with Crippen molar-refractivity contribution in [1.82, 2.24) is 9.97 Å². The number of aromatic carboxylic acids is 1. The number of nitrogens with two attached hydrogens (primary N) is 1. The van der Waals surface area contributed by atoms with Crippen LogP contribution in [0.2, 0.25) is 0 Å². The highest BCUT2D eigenvalue weighted by Gasteiger charge is 2.20. The first kappa shape index (κ1) is 14.3. The van der Waals surface area contributed by atoms with Crippen LogP contribution in [0.5, 0.6) is 0 Å².